The van der Waals surface area contributed by atoms with E-state index in [-0.39, 0.29) is 4.88 Å². The van der Waals surface area contributed by atoms with Gasteiger partial charge in [0.25, 0.3) is 0 Å². The lowest BCUT2D eigenvalue weighted by atomic mass is 10.3. The minimum absolute atomic E-state index is 0.0318. The number of hydrogen-bond acceptors (Lipinski definition) is 2. The van der Waals surface area contributed by atoms with Gasteiger partial charge >= 0.3 is 5.97 Å². The van der Waals surface area contributed by atoms with E-state index in [1.807, 2.05) is 0 Å². The first-order valence-corrected chi connectivity index (χ1v) is 4.09. The number of rotatable bonds is 3. The summed E-state index contributed by atoms with van der Waals surface area (Å²) < 4.78 is 12.9. The van der Waals surface area contributed by atoms with Crippen LogP contribution in [0.4, 0.5) is 4.39 Å². The normalized spacial score (nSPS) is 9.75. The van der Waals surface area contributed by atoms with Crippen LogP contribution < -0.4 is 0 Å². The zero-order valence-electron chi connectivity index (χ0n) is 6.21. The van der Waals surface area contributed by atoms with Crippen molar-refractivity contribution in [2.45, 2.75) is 6.42 Å². The summed E-state index contributed by atoms with van der Waals surface area (Å²) in [4.78, 5) is 10.8. The topological polar surface area (TPSA) is 37.3 Å². The second-order valence-electron chi connectivity index (χ2n) is 2.18. The molecule has 1 N–H and O–H groups in total. The van der Waals surface area contributed by atoms with Gasteiger partial charge < -0.3 is 5.11 Å². The van der Waals surface area contributed by atoms with E-state index >= 15 is 0 Å². The Labute approximate surface area is 73.0 Å². The lowest BCUT2D eigenvalue weighted by Crippen LogP contribution is -1.89. The number of carboxylic acids is 1. The van der Waals surface area contributed by atoms with Crippen molar-refractivity contribution in [2.24, 2.45) is 0 Å². The predicted octanol–water partition coefficient (Wildman–Crippen LogP) is 2.31. The first kappa shape index (κ1) is 8.93. The molecule has 0 amide bonds. The van der Waals surface area contributed by atoms with E-state index in [1.54, 1.807) is 6.08 Å². The second-order valence-corrected chi connectivity index (χ2v) is 3.32. The molecule has 0 unspecified atom stereocenters. The number of halogens is 1. The summed E-state index contributed by atoms with van der Waals surface area (Å²) in [5.41, 5.74) is 0. The van der Waals surface area contributed by atoms with Crippen LogP contribution >= 0.6 is 11.3 Å². The number of thiophene rings is 1. The molecule has 1 heterocycles. The van der Waals surface area contributed by atoms with Crippen molar-refractivity contribution in [3.8, 4) is 0 Å². The Kier molecular flexibility index (Phi) is 2.60. The summed E-state index contributed by atoms with van der Waals surface area (Å²) in [7, 11) is 0. The van der Waals surface area contributed by atoms with E-state index < -0.39 is 11.8 Å². The average Bonchev–Trinajstić information content (AvgIpc) is 2.34. The molecule has 4 heteroatoms. The van der Waals surface area contributed by atoms with Gasteiger partial charge in [0.15, 0.2) is 0 Å². The smallest absolute Gasteiger partial charge is 0.345 e. The van der Waals surface area contributed by atoms with Crippen LogP contribution in [0.1, 0.15) is 14.5 Å². The van der Waals surface area contributed by atoms with E-state index in [0.29, 0.717) is 11.3 Å². The van der Waals surface area contributed by atoms with Crippen LogP contribution in [-0.4, -0.2) is 11.1 Å². The van der Waals surface area contributed by atoms with Crippen LogP contribution in [0.3, 0.4) is 0 Å². The first-order chi connectivity index (χ1) is 5.65. The summed E-state index contributed by atoms with van der Waals surface area (Å²) in [5, 5.41) is 8.51. The highest BCUT2D eigenvalue weighted by Crippen LogP contribution is 2.21. The van der Waals surface area contributed by atoms with Gasteiger partial charge in [-0.25, -0.2) is 9.18 Å². The Bertz CT molecular complexity index is 317. The SMILES string of the molecule is C=CCc1sc(C(=O)O)cc1F. The number of carboxylic acid groups (broad SMARTS) is 1. The summed E-state index contributed by atoms with van der Waals surface area (Å²) >= 11 is 0.946. The molecule has 64 valence electrons. The summed E-state index contributed by atoms with van der Waals surface area (Å²) in [6, 6.07) is 1.03. The van der Waals surface area contributed by atoms with Gasteiger partial charge in [0, 0.05) is 11.3 Å². The molecule has 0 aliphatic rings. The molecule has 1 rings (SSSR count). The molecule has 0 aliphatic heterocycles. The predicted molar refractivity (Wildman–Crippen MR) is 45.1 cm³/mol. The maximum absolute atomic E-state index is 12.9. The molecule has 2 nitrogen and oxygen atoms in total. The molecular weight excluding hydrogens is 179 g/mol. The second kappa shape index (κ2) is 3.49. The number of aromatic carboxylic acids is 1. The van der Waals surface area contributed by atoms with Gasteiger partial charge in [0.05, 0.1) is 0 Å². The Balaban J connectivity index is 2.99. The van der Waals surface area contributed by atoms with Gasteiger partial charge in [0.2, 0.25) is 0 Å². The van der Waals surface area contributed by atoms with Gasteiger partial charge in [0.1, 0.15) is 10.7 Å². The van der Waals surface area contributed by atoms with Crippen molar-refractivity contribution < 1.29 is 14.3 Å². The van der Waals surface area contributed by atoms with Gasteiger partial charge in [-0.1, -0.05) is 6.08 Å². The number of allylic oxidation sites excluding steroid dienone is 1. The maximum Gasteiger partial charge on any atom is 0.345 e. The standard InChI is InChI=1S/C8H7FO2S/c1-2-3-6-5(9)4-7(12-6)8(10)11/h2,4H,1,3H2,(H,10,11). The molecule has 1 aromatic heterocycles. The molecule has 1 aromatic rings. The fourth-order valence-corrected chi connectivity index (χ4v) is 1.65. The van der Waals surface area contributed by atoms with Crippen molar-refractivity contribution in [1.82, 2.24) is 0 Å². The average molecular weight is 186 g/mol. The van der Waals surface area contributed by atoms with Gasteiger partial charge in [-0.05, 0) is 6.07 Å². The van der Waals surface area contributed by atoms with E-state index in [0.717, 1.165) is 17.4 Å². The third-order valence-corrected chi connectivity index (χ3v) is 2.42. The zero-order chi connectivity index (χ0) is 9.14. The highest BCUT2D eigenvalue weighted by molar-refractivity contribution is 7.13. The zero-order valence-corrected chi connectivity index (χ0v) is 7.03. The van der Waals surface area contributed by atoms with Crippen LogP contribution in [0.5, 0.6) is 0 Å². The Hall–Kier alpha value is -1.16. The molecule has 0 bridgehead atoms. The Morgan fingerprint density at radius 3 is 2.92 bits per heavy atom. The summed E-state index contributed by atoms with van der Waals surface area (Å²) in [6.07, 6.45) is 1.92. The Morgan fingerprint density at radius 2 is 2.50 bits per heavy atom. The minimum atomic E-state index is -1.09. The quantitative estimate of drug-likeness (QED) is 0.735. The van der Waals surface area contributed by atoms with Gasteiger partial charge in [-0.2, -0.15) is 0 Å². The highest BCUT2D eigenvalue weighted by Gasteiger charge is 2.11. The summed E-state index contributed by atoms with van der Waals surface area (Å²) in [6.45, 7) is 3.44. The van der Waals surface area contributed by atoms with E-state index in [1.165, 1.54) is 0 Å². The fourth-order valence-electron chi connectivity index (χ4n) is 0.782. The van der Waals surface area contributed by atoms with E-state index in [2.05, 4.69) is 6.58 Å². The Morgan fingerprint density at radius 1 is 1.83 bits per heavy atom. The molecule has 0 fully saturated rings. The van der Waals surface area contributed by atoms with Crippen LogP contribution in [0.25, 0.3) is 0 Å². The maximum atomic E-state index is 12.9. The molecule has 0 atom stereocenters. The van der Waals surface area contributed by atoms with Crippen molar-refractivity contribution >= 4 is 17.3 Å². The number of carbonyl (C=O) groups is 1. The number of hydrogen-bond donors (Lipinski definition) is 1. The largest absolute Gasteiger partial charge is 0.477 e. The van der Waals surface area contributed by atoms with E-state index in [4.69, 9.17) is 5.11 Å². The molecular formula is C8H7FO2S. The van der Waals surface area contributed by atoms with E-state index in [9.17, 15) is 9.18 Å². The molecule has 0 spiro atoms. The molecule has 0 saturated heterocycles. The lowest BCUT2D eigenvalue weighted by molar-refractivity contribution is 0.0702. The molecule has 0 saturated carbocycles. The van der Waals surface area contributed by atoms with Crippen LogP contribution in [0.15, 0.2) is 18.7 Å². The van der Waals surface area contributed by atoms with Crippen molar-refractivity contribution in [1.29, 1.82) is 0 Å². The highest BCUT2D eigenvalue weighted by atomic mass is 32.1. The first-order valence-electron chi connectivity index (χ1n) is 3.27. The summed E-state index contributed by atoms with van der Waals surface area (Å²) in [5.74, 6) is -1.55. The fraction of sp³-hybridized carbons (Fsp3) is 0.125. The van der Waals surface area contributed by atoms with Gasteiger partial charge in [-0.15, -0.1) is 17.9 Å². The van der Waals surface area contributed by atoms with Crippen molar-refractivity contribution in [3.63, 3.8) is 0 Å². The van der Waals surface area contributed by atoms with Crippen molar-refractivity contribution in [3.05, 3.63) is 34.3 Å². The molecule has 0 aliphatic carbocycles. The van der Waals surface area contributed by atoms with Crippen LogP contribution in [-0.2, 0) is 6.42 Å². The molecule has 0 aromatic carbocycles. The molecule has 0 radical (unpaired) electrons. The van der Waals surface area contributed by atoms with Gasteiger partial charge in [-0.3, -0.25) is 0 Å². The van der Waals surface area contributed by atoms with Crippen molar-refractivity contribution in [2.75, 3.05) is 0 Å². The van der Waals surface area contributed by atoms with Crippen LogP contribution in [0, 0.1) is 5.82 Å². The minimum Gasteiger partial charge on any atom is -0.477 e. The third kappa shape index (κ3) is 1.71. The third-order valence-electron chi connectivity index (χ3n) is 1.30. The van der Waals surface area contributed by atoms with Crippen LogP contribution in [0.2, 0.25) is 0 Å². The lowest BCUT2D eigenvalue weighted by Gasteiger charge is -1.86. The molecule has 12 heavy (non-hydrogen) atoms. The monoisotopic (exact) mass is 186 g/mol.